The Hall–Kier alpha value is -12.1. The number of hydrogen-bond acceptors (Lipinski definition) is 0. The molecule has 0 spiro atoms. The van der Waals surface area contributed by atoms with Crippen molar-refractivity contribution in [2.75, 3.05) is 0 Å². The molecule has 0 unspecified atom stereocenters. The standard InChI is InChI=1S/C94H64B2N4/c1-53-43-61(97-79-31-15-7-23-65(79)66-24-8-16-32-80(66)97)44-54(2)91(53)95-77-49-59-39-42-74-76-52-64(100-85-37-21-13-29-71(85)72-30-14-22-38-86(72)100)48-58(6)94(76)96(92-55(3)45-62(46-56(92)4)98-81-33-17-9-25-67(81)68-26-10-18-34-82(68)98)78-50-60-40-41-73(89(77)87(60)88(59)90(74)78)75-51-63(47-57(5)93(75)95)99-83-35-19-11-27-69(83)70-28-12-20-36-84(70)99/h7-52H,1-6H3. The minimum atomic E-state index is -0.0776. The number of hydrogen-bond donors (Lipinski definition) is 0. The maximum absolute atomic E-state index is 2.64. The van der Waals surface area contributed by atoms with Crippen LogP contribution in [-0.2, 0) is 0 Å². The van der Waals surface area contributed by atoms with Gasteiger partial charge in [-0.3, -0.25) is 0 Å². The van der Waals surface area contributed by atoms with E-state index in [-0.39, 0.29) is 13.4 Å². The lowest BCUT2D eigenvalue weighted by Crippen LogP contribution is -2.58. The lowest BCUT2D eigenvalue weighted by Gasteiger charge is -2.35. The summed E-state index contributed by atoms with van der Waals surface area (Å²) in [5.41, 5.74) is 35.6. The molecule has 0 saturated carbocycles. The van der Waals surface area contributed by atoms with Crippen molar-refractivity contribution in [1.82, 2.24) is 18.3 Å². The molecule has 0 saturated heterocycles. The second kappa shape index (κ2) is 20.3. The Morgan fingerprint density at radius 1 is 0.200 bits per heavy atom. The SMILES string of the molecule is Cc1cc(-n2c3ccccc3c3ccccc32)cc(C)c1B1c2c(C)cc(-n3c4ccccc4c4ccccc43)cc2-c2ccc3cc4c5c(ccc6cc1c2c3c65)-c1cc(-n2c3ccccc3c3ccccc32)cc(C)c1B4c1c(C)cc(-n2c3ccccc3c3ccccc32)cc1C. The maximum atomic E-state index is 2.64. The average molecular weight is 1270 g/mol. The number of aryl methyl sites for hydroxylation is 6. The summed E-state index contributed by atoms with van der Waals surface area (Å²) in [6, 6.07) is 107. The molecule has 0 amide bonds. The number of rotatable bonds is 6. The molecule has 0 bridgehead atoms. The van der Waals surface area contributed by atoms with Gasteiger partial charge in [0.2, 0.25) is 13.4 Å². The van der Waals surface area contributed by atoms with Crippen LogP contribution in [0, 0.1) is 41.5 Å². The van der Waals surface area contributed by atoms with Gasteiger partial charge in [-0.1, -0.05) is 248 Å². The summed E-state index contributed by atoms with van der Waals surface area (Å²) in [7, 11) is 0. The lowest BCUT2D eigenvalue weighted by molar-refractivity contribution is 1.16. The Bertz CT molecular complexity index is 6380. The predicted molar refractivity (Wildman–Crippen MR) is 429 cm³/mol. The van der Waals surface area contributed by atoms with Crippen molar-refractivity contribution < 1.29 is 0 Å². The van der Waals surface area contributed by atoms with Crippen LogP contribution in [0.5, 0.6) is 0 Å². The summed E-state index contributed by atoms with van der Waals surface area (Å²) in [6.45, 7) is 14.1. The van der Waals surface area contributed by atoms with Crippen LogP contribution in [0.1, 0.15) is 33.4 Å². The summed E-state index contributed by atoms with van der Waals surface area (Å²) < 4.78 is 10.0. The summed E-state index contributed by atoms with van der Waals surface area (Å²) >= 11 is 0. The largest absolute Gasteiger partial charge is 0.309 e. The van der Waals surface area contributed by atoms with Gasteiger partial charge in [-0.05, 0) is 193 Å². The molecule has 0 N–H and O–H groups in total. The third-order valence-electron chi connectivity index (χ3n) is 23.5. The van der Waals surface area contributed by atoms with Gasteiger partial charge in [0.05, 0.1) is 44.1 Å². The van der Waals surface area contributed by atoms with Crippen LogP contribution >= 0.6 is 0 Å². The Kier molecular flexibility index (Phi) is 11.3. The third kappa shape index (κ3) is 7.37. The minimum Gasteiger partial charge on any atom is -0.309 e. The van der Waals surface area contributed by atoms with E-state index in [0.717, 1.165) is 0 Å². The van der Waals surface area contributed by atoms with Gasteiger partial charge in [-0.25, -0.2) is 0 Å². The molecule has 0 fully saturated rings. The molecule has 0 aliphatic carbocycles. The van der Waals surface area contributed by atoms with Crippen LogP contribution in [0.3, 0.4) is 0 Å². The van der Waals surface area contributed by atoms with Crippen molar-refractivity contribution in [1.29, 1.82) is 0 Å². The zero-order valence-electron chi connectivity index (χ0n) is 56.5. The van der Waals surface area contributed by atoms with Crippen molar-refractivity contribution in [3.05, 3.63) is 312 Å². The third-order valence-corrected chi connectivity index (χ3v) is 23.5. The predicted octanol–water partition coefficient (Wildman–Crippen LogP) is 19.8. The van der Waals surface area contributed by atoms with E-state index in [1.165, 1.54) is 231 Å². The molecule has 4 nitrogen and oxygen atoms in total. The van der Waals surface area contributed by atoms with E-state index >= 15 is 0 Å². The van der Waals surface area contributed by atoms with Crippen LogP contribution in [0.2, 0.25) is 0 Å². The fraction of sp³-hybridized carbons (Fsp3) is 0.0638. The summed E-state index contributed by atoms with van der Waals surface area (Å²) in [5.74, 6) is 0. The molecule has 2 aliphatic heterocycles. The van der Waals surface area contributed by atoms with Crippen molar-refractivity contribution in [2.24, 2.45) is 0 Å². The Balaban J connectivity index is 0.835. The summed E-state index contributed by atoms with van der Waals surface area (Å²) in [6.07, 6.45) is 0. The van der Waals surface area contributed by atoms with Gasteiger partial charge in [0.25, 0.3) is 0 Å². The van der Waals surface area contributed by atoms with Gasteiger partial charge in [0.1, 0.15) is 0 Å². The quantitative estimate of drug-likeness (QED) is 0.117. The molecule has 100 heavy (non-hydrogen) atoms. The van der Waals surface area contributed by atoms with Crippen LogP contribution in [0.15, 0.2) is 279 Å². The Morgan fingerprint density at radius 3 is 0.670 bits per heavy atom. The highest BCUT2D eigenvalue weighted by Crippen LogP contribution is 2.47. The minimum absolute atomic E-state index is 0.0776. The van der Waals surface area contributed by atoms with Gasteiger partial charge >= 0.3 is 0 Å². The first-order chi connectivity index (χ1) is 49.1. The Morgan fingerprint density at radius 2 is 0.420 bits per heavy atom. The second-order valence-electron chi connectivity index (χ2n) is 28.9. The molecular formula is C94H64B2N4. The highest BCUT2D eigenvalue weighted by molar-refractivity contribution is 7.01. The number of fused-ring (bicyclic) bond motifs is 16. The van der Waals surface area contributed by atoms with E-state index in [2.05, 4.69) is 339 Å². The smallest absolute Gasteiger partial charge is 0.243 e. The van der Waals surface area contributed by atoms with Crippen molar-refractivity contribution >= 4 is 166 Å². The van der Waals surface area contributed by atoms with E-state index in [9.17, 15) is 0 Å². The molecule has 6 heteroatoms. The molecular weight excluding hydrogens is 1210 g/mol. The first-order valence-electron chi connectivity index (χ1n) is 35.4. The first kappa shape index (κ1) is 56.0. The molecule has 16 aromatic carbocycles. The highest BCUT2D eigenvalue weighted by atomic mass is 15.0. The van der Waals surface area contributed by atoms with Crippen LogP contribution in [-0.4, -0.2) is 31.7 Å². The number of benzene rings is 16. The van der Waals surface area contributed by atoms with Crippen LogP contribution in [0.25, 0.3) is 165 Å². The van der Waals surface area contributed by atoms with E-state index in [1.807, 2.05) is 0 Å². The molecule has 22 rings (SSSR count). The van der Waals surface area contributed by atoms with Crippen molar-refractivity contribution in [2.45, 2.75) is 41.5 Å². The van der Waals surface area contributed by atoms with Gasteiger partial charge in [0, 0.05) is 65.8 Å². The summed E-state index contributed by atoms with van der Waals surface area (Å²) in [5, 5.41) is 18.1. The average Bonchev–Trinajstić information content (AvgIpc) is 0.876. The molecule has 0 atom stereocenters. The summed E-state index contributed by atoms with van der Waals surface area (Å²) in [4.78, 5) is 0. The second-order valence-corrected chi connectivity index (χ2v) is 28.9. The van der Waals surface area contributed by atoms with Crippen LogP contribution < -0.4 is 32.8 Å². The first-order valence-corrected chi connectivity index (χ1v) is 35.4. The molecule has 4 aromatic heterocycles. The van der Waals surface area contributed by atoms with Gasteiger partial charge < -0.3 is 18.3 Å². The van der Waals surface area contributed by atoms with Gasteiger partial charge in [0.15, 0.2) is 0 Å². The lowest BCUT2D eigenvalue weighted by atomic mass is 9.31. The Labute approximate surface area is 579 Å². The molecule has 6 heterocycles. The van der Waals surface area contributed by atoms with E-state index in [1.54, 1.807) is 0 Å². The van der Waals surface area contributed by atoms with Crippen LogP contribution in [0.4, 0.5) is 0 Å². The van der Waals surface area contributed by atoms with E-state index in [4.69, 9.17) is 0 Å². The maximum Gasteiger partial charge on any atom is 0.243 e. The van der Waals surface area contributed by atoms with Gasteiger partial charge in [-0.2, -0.15) is 0 Å². The highest BCUT2D eigenvalue weighted by Gasteiger charge is 2.41. The molecule has 2 aliphatic rings. The topological polar surface area (TPSA) is 19.7 Å². The van der Waals surface area contributed by atoms with E-state index < -0.39 is 0 Å². The van der Waals surface area contributed by atoms with Gasteiger partial charge in [-0.15, -0.1) is 0 Å². The zero-order chi connectivity index (χ0) is 66.2. The normalized spacial score (nSPS) is 12.9. The van der Waals surface area contributed by atoms with Crippen molar-refractivity contribution in [3.8, 4) is 45.0 Å². The number of nitrogens with zero attached hydrogens (tertiary/aromatic N) is 4. The fourth-order valence-corrected chi connectivity index (χ4v) is 19.8. The molecule has 0 radical (unpaired) electrons. The molecule has 466 valence electrons. The number of aromatic nitrogens is 4. The zero-order valence-corrected chi connectivity index (χ0v) is 56.5. The number of para-hydroxylation sites is 8. The fourth-order valence-electron chi connectivity index (χ4n) is 19.8. The van der Waals surface area contributed by atoms with Crippen molar-refractivity contribution in [3.63, 3.8) is 0 Å². The molecule has 20 aromatic rings. The monoisotopic (exact) mass is 1270 g/mol. The van der Waals surface area contributed by atoms with E-state index in [0.29, 0.717) is 0 Å².